The van der Waals surface area contributed by atoms with Crippen LogP contribution < -0.4 is 0 Å². The van der Waals surface area contributed by atoms with Crippen molar-refractivity contribution < 1.29 is 13.2 Å². The summed E-state index contributed by atoms with van der Waals surface area (Å²) in [4.78, 5) is 24.4. The summed E-state index contributed by atoms with van der Waals surface area (Å²) < 4.78 is 23.3. The highest BCUT2D eigenvalue weighted by Gasteiger charge is 2.32. The highest BCUT2D eigenvalue weighted by Crippen LogP contribution is 2.36. The van der Waals surface area contributed by atoms with Crippen molar-refractivity contribution >= 4 is 50.2 Å². The van der Waals surface area contributed by atoms with Crippen LogP contribution in [0, 0.1) is 0 Å². The van der Waals surface area contributed by atoms with Crippen molar-refractivity contribution in [3.63, 3.8) is 0 Å². The molecule has 0 aromatic carbocycles. The van der Waals surface area contributed by atoms with E-state index in [2.05, 4.69) is 4.98 Å². The maximum Gasteiger partial charge on any atom is 0.233 e. The molecule has 28 heavy (non-hydrogen) atoms. The number of imidazole rings is 1. The van der Waals surface area contributed by atoms with Crippen LogP contribution in [0.15, 0.2) is 40.2 Å². The largest absolute Gasteiger partial charge is 0.341 e. The number of carbonyl (C=O) groups excluding carboxylic acids is 1. The summed E-state index contributed by atoms with van der Waals surface area (Å²) in [7, 11) is -1.33. The van der Waals surface area contributed by atoms with Crippen LogP contribution in [0.1, 0.15) is 6.42 Å². The maximum atomic E-state index is 12.5. The number of sulfone groups is 1. The fourth-order valence-corrected chi connectivity index (χ4v) is 7.14. The van der Waals surface area contributed by atoms with Crippen molar-refractivity contribution in [2.45, 2.75) is 17.6 Å². The summed E-state index contributed by atoms with van der Waals surface area (Å²) in [5.41, 5.74) is 1.85. The second-order valence-electron chi connectivity index (χ2n) is 6.57. The van der Waals surface area contributed by atoms with Gasteiger partial charge in [0.2, 0.25) is 5.91 Å². The highest BCUT2D eigenvalue weighted by molar-refractivity contribution is 7.99. The molecule has 3 aromatic rings. The molecule has 1 aliphatic heterocycles. The number of hydrogen-bond acceptors (Lipinski definition) is 7. The van der Waals surface area contributed by atoms with Gasteiger partial charge in [0.1, 0.15) is 5.69 Å². The smallest absolute Gasteiger partial charge is 0.233 e. The summed E-state index contributed by atoms with van der Waals surface area (Å²) in [6, 6.07) is 7.85. The molecule has 0 aliphatic carbocycles. The van der Waals surface area contributed by atoms with Gasteiger partial charge in [-0.2, -0.15) is 0 Å². The molecule has 10 heteroatoms. The molecule has 0 radical (unpaired) electrons. The lowest BCUT2D eigenvalue weighted by atomic mass is 10.2. The fraction of sp³-hybridized carbons (Fsp3) is 0.333. The maximum absolute atomic E-state index is 12.5. The Balaban J connectivity index is 1.48. The standard InChI is InChI=1S/C18H19N3O3S4/c1-21(12-6-9-28(23,24)11-12)15(22)10-27-18-19-16(13-4-2-7-25-13)17(20-18)14-5-3-8-26-14/h2-5,7-8,12H,6,9-11H2,1H3,(H,19,20). The summed E-state index contributed by atoms with van der Waals surface area (Å²) >= 11 is 4.61. The number of carbonyl (C=O) groups is 1. The molecule has 0 spiro atoms. The topological polar surface area (TPSA) is 83.1 Å². The normalized spacial score (nSPS) is 18.4. The third kappa shape index (κ3) is 4.19. The number of rotatable bonds is 6. The second-order valence-corrected chi connectivity index (χ2v) is 11.7. The van der Waals surface area contributed by atoms with E-state index in [4.69, 9.17) is 4.98 Å². The zero-order valence-electron chi connectivity index (χ0n) is 15.1. The van der Waals surface area contributed by atoms with Gasteiger partial charge < -0.3 is 9.88 Å². The number of amides is 1. The predicted octanol–water partition coefficient (Wildman–Crippen LogP) is 3.60. The van der Waals surface area contributed by atoms with Crippen molar-refractivity contribution in [2.75, 3.05) is 24.3 Å². The minimum atomic E-state index is -3.01. The molecule has 148 valence electrons. The molecule has 0 bridgehead atoms. The number of H-pyrrole nitrogens is 1. The molecule has 4 rings (SSSR count). The van der Waals surface area contributed by atoms with Crippen molar-refractivity contribution in [1.82, 2.24) is 14.9 Å². The number of nitrogens with zero attached hydrogens (tertiary/aromatic N) is 2. The van der Waals surface area contributed by atoms with E-state index < -0.39 is 9.84 Å². The molecule has 1 fully saturated rings. The van der Waals surface area contributed by atoms with Crippen LogP contribution >= 0.6 is 34.4 Å². The van der Waals surface area contributed by atoms with E-state index in [1.54, 1.807) is 34.6 Å². The Morgan fingerprint density at radius 1 is 1.29 bits per heavy atom. The molecule has 1 N–H and O–H groups in total. The zero-order chi connectivity index (χ0) is 19.7. The van der Waals surface area contributed by atoms with E-state index in [1.807, 2.05) is 35.0 Å². The minimum absolute atomic E-state index is 0.0612. The zero-order valence-corrected chi connectivity index (χ0v) is 18.4. The third-order valence-corrected chi connectivity index (χ3v) is 9.06. The lowest BCUT2D eigenvalue weighted by molar-refractivity contribution is -0.128. The van der Waals surface area contributed by atoms with Gasteiger partial charge in [-0.05, 0) is 29.3 Å². The van der Waals surface area contributed by atoms with Crippen LogP contribution in [0.25, 0.3) is 21.1 Å². The van der Waals surface area contributed by atoms with Gasteiger partial charge >= 0.3 is 0 Å². The summed E-state index contributed by atoms with van der Waals surface area (Å²) in [5.74, 6) is 0.355. The molecule has 3 aromatic heterocycles. The van der Waals surface area contributed by atoms with Crippen LogP contribution in [0.4, 0.5) is 0 Å². The van der Waals surface area contributed by atoms with E-state index in [0.29, 0.717) is 11.6 Å². The van der Waals surface area contributed by atoms with Gasteiger partial charge in [-0.25, -0.2) is 13.4 Å². The summed E-state index contributed by atoms with van der Waals surface area (Å²) in [6.45, 7) is 0. The van der Waals surface area contributed by atoms with E-state index in [9.17, 15) is 13.2 Å². The number of aromatic amines is 1. The fourth-order valence-electron chi connectivity index (χ4n) is 3.13. The van der Waals surface area contributed by atoms with Crippen molar-refractivity contribution in [1.29, 1.82) is 0 Å². The van der Waals surface area contributed by atoms with Crippen LogP contribution in [-0.2, 0) is 14.6 Å². The van der Waals surface area contributed by atoms with Gasteiger partial charge in [0.15, 0.2) is 15.0 Å². The molecule has 1 unspecified atom stereocenters. The van der Waals surface area contributed by atoms with E-state index in [-0.39, 0.29) is 29.2 Å². The number of aromatic nitrogens is 2. The summed E-state index contributed by atoms with van der Waals surface area (Å²) in [6.07, 6.45) is 0.515. The average molecular weight is 454 g/mol. The van der Waals surface area contributed by atoms with Crippen LogP contribution in [0.2, 0.25) is 0 Å². The molecule has 1 atom stereocenters. The SMILES string of the molecule is CN(C(=O)CSc1nc(-c2cccs2)c(-c2cccs2)[nH]1)C1CCS(=O)(=O)C1. The van der Waals surface area contributed by atoms with Crippen LogP contribution in [0.5, 0.6) is 0 Å². The minimum Gasteiger partial charge on any atom is -0.341 e. The first-order valence-electron chi connectivity index (χ1n) is 8.69. The Labute approximate surface area is 175 Å². The van der Waals surface area contributed by atoms with Gasteiger partial charge in [-0.15, -0.1) is 22.7 Å². The van der Waals surface area contributed by atoms with E-state index >= 15 is 0 Å². The highest BCUT2D eigenvalue weighted by atomic mass is 32.2. The lowest BCUT2D eigenvalue weighted by Crippen LogP contribution is -2.38. The third-order valence-electron chi connectivity index (χ3n) is 4.69. The lowest BCUT2D eigenvalue weighted by Gasteiger charge is -2.22. The molecule has 1 aliphatic rings. The Morgan fingerprint density at radius 3 is 2.61 bits per heavy atom. The van der Waals surface area contributed by atoms with Crippen LogP contribution in [0.3, 0.4) is 0 Å². The molecular weight excluding hydrogens is 434 g/mol. The summed E-state index contributed by atoms with van der Waals surface area (Å²) in [5, 5.41) is 4.73. The Bertz CT molecular complexity index is 1000. The quantitative estimate of drug-likeness (QED) is 0.577. The van der Waals surface area contributed by atoms with Crippen molar-refractivity contribution in [3.05, 3.63) is 35.0 Å². The van der Waals surface area contributed by atoms with E-state index in [1.165, 1.54) is 11.8 Å². The molecule has 1 amide bonds. The van der Waals surface area contributed by atoms with Gasteiger partial charge in [0.25, 0.3) is 0 Å². The molecule has 1 saturated heterocycles. The van der Waals surface area contributed by atoms with Gasteiger partial charge in [-0.1, -0.05) is 23.9 Å². The Hall–Kier alpha value is -1.62. The van der Waals surface area contributed by atoms with Crippen LogP contribution in [-0.4, -0.2) is 59.5 Å². The predicted molar refractivity (Wildman–Crippen MR) is 116 cm³/mol. The Kier molecular flexibility index (Phi) is 5.64. The molecule has 6 nitrogen and oxygen atoms in total. The number of thiophene rings is 2. The first-order chi connectivity index (χ1) is 13.4. The van der Waals surface area contributed by atoms with Gasteiger partial charge in [0, 0.05) is 13.1 Å². The van der Waals surface area contributed by atoms with Crippen molar-refractivity contribution in [3.8, 4) is 21.1 Å². The monoisotopic (exact) mass is 453 g/mol. The molecule has 4 heterocycles. The average Bonchev–Trinajstić information content (AvgIpc) is 3.44. The first-order valence-corrected chi connectivity index (χ1v) is 13.3. The second kappa shape index (κ2) is 8.02. The number of hydrogen-bond donors (Lipinski definition) is 1. The molecular formula is C18H19N3O3S4. The van der Waals surface area contributed by atoms with Gasteiger partial charge in [-0.3, -0.25) is 4.79 Å². The van der Waals surface area contributed by atoms with Gasteiger partial charge in [0.05, 0.1) is 32.7 Å². The first kappa shape index (κ1) is 19.7. The van der Waals surface area contributed by atoms with Crippen molar-refractivity contribution in [2.24, 2.45) is 0 Å². The van der Waals surface area contributed by atoms with E-state index in [0.717, 1.165) is 21.1 Å². The molecule has 0 saturated carbocycles. The number of nitrogens with one attached hydrogen (secondary N) is 1. The Morgan fingerprint density at radius 2 is 2.00 bits per heavy atom. The number of thioether (sulfide) groups is 1.